The van der Waals surface area contributed by atoms with Crippen molar-refractivity contribution in [1.29, 1.82) is 0 Å². The van der Waals surface area contributed by atoms with Crippen molar-refractivity contribution in [3.05, 3.63) is 17.3 Å². The Bertz CT molecular complexity index is 328. The molecule has 0 bridgehead atoms. The normalized spacial score (nSPS) is 27.3. The second kappa shape index (κ2) is 2.58. The SMILES string of the molecule is CC1NCCc2nc(C3CC3)oc21. The Morgan fingerprint density at radius 1 is 1.46 bits per heavy atom. The summed E-state index contributed by atoms with van der Waals surface area (Å²) in [6, 6.07) is 0.351. The predicted octanol–water partition coefficient (Wildman–Crippen LogP) is 1.76. The van der Waals surface area contributed by atoms with E-state index in [4.69, 9.17) is 4.42 Å². The molecule has 1 aromatic heterocycles. The molecular formula is C10H14N2O. The summed E-state index contributed by atoms with van der Waals surface area (Å²) in [7, 11) is 0. The molecule has 0 amide bonds. The summed E-state index contributed by atoms with van der Waals surface area (Å²) < 4.78 is 5.77. The Labute approximate surface area is 77.5 Å². The molecule has 1 saturated carbocycles. The van der Waals surface area contributed by atoms with Crippen molar-refractivity contribution in [3.8, 4) is 0 Å². The van der Waals surface area contributed by atoms with Gasteiger partial charge in [0.15, 0.2) is 5.89 Å². The summed E-state index contributed by atoms with van der Waals surface area (Å²) in [6.45, 7) is 3.17. The zero-order valence-electron chi connectivity index (χ0n) is 7.84. The van der Waals surface area contributed by atoms with Crippen LogP contribution in [0.4, 0.5) is 0 Å². The van der Waals surface area contributed by atoms with Crippen molar-refractivity contribution in [3.63, 3.8) is 0 Å². The molecule has 1 atom stereocenters. The lowest BCUT2D eigenvalue weighted by atomic mass is 10.1. The third-order valence-corrected chi connectivity index (χ3v) is 2.88. The van der Waals surface area contributed by atoms with Gasteiger partial charge in [0.1, 0.15) is 5.76 Å². The molecule has 2 heterocycles. The first kappa shape index (κ1) is 7.56. The molecule has 0 radical (unpaired) electrons. The highest BCUT2D eigenvalue weighted by Crippen LogP contribution is 2.41. The first-order valence-corrected chi connectivity index (χ1v) is 5.07. The Balaban J connectivity index is 1.99. The van der Waals surface area contributed by atoms with Crippen molar-refractivity contribution < 1.29 is 4.42 Å². The number of hydrogen-bond donors (Lipinski definition) is 1. The van der Waals surface area contributed by atoms with Crippen LogP contribution in [0.1, 0.15) is 49.1 Å². The smallest absolute Gasteiger partial charge is 0.197 e. The first-order valence-electron chi connectivity index (χ1n) is 5.07. The highest BCUT2D eigenvalue weighted by atomic mass is 16.4. The van der Waals surface area contributed by atoms with Crippen LogP contribution in [0.15, 0.2) is 4.42 Å². The van der Waals surface area contributed by atoms with Gasteiger partial charge in [-0.3, -0.25) is 0 Å². The number of hydrogen-bond acceptors (Lipinski definition) is 3. The zero-order valence-corrected chi connectivity index (χ0v) is 7.84. The van der Waals surface area contributed by atoms with E-state index < -0.39 is 0 Å². The van der Waals surface area contributed by atoms with Crippen LogP contribution in [-0.4, -0.2) is 11.5 Å². The van der Waals surface area contributed by atoms with Gasteiger partial charge >= 0.3 is 0 Å². The summed E-state index contributed by atoms with van der Waals surface area (Å²) >= 11 is 0. The minimum absolute atomic E-state index is 0.351. The molecule has 0 spiro atoms. The monoisotopic (exact) mass is 178 g/mol. The van der Waals surface area contributed by atoms with Crippen LogP contribution in [0.5, 0.6) is 0 Å². The van der Waals surface area contributed by atoms with Gasteiger partial charge in [-0.15, -0.1) is 0 Å². The van der Waals surface area contributed by atoms with E-state index in [9.17, 15) is 0 Å². The van der Waals surface area contributed by atoms with Crippen molar-refractivity contribution in [2.75, 3.05) is 6.54 Å². The lowest BCUT2D eigenvalue weighted by Crippen LogP contribution is -2.26. The molecule has 1 aliphatic carbocycles. The molecule has 1 aromatic rings. The summed E-state index contributed by atoms with van der Waals surface area (Å²) in [5.74, 6) is 2.70. The highest BCUT2D eigenvalue weighted by molar-refractivity contribution is 5.19. The number of aromatic nitrogens is 1. The summed E-state index contributed by atoms with van der Waals surface area (Å²) in [5, 5.41) is 3.38. The second-order valence-electron chi connectivity index (χ2n) is 4.06. The van der Waals surface area contributed by atoms with E-state index in [1.54, 1.807) is 0 Å². The van der Waals surface area contributed by atoms with Gasteiger partial charge in [-0.1, -0.05) is 0 Å². The molecule has 0 saturated heterocycles. The molecule has 1 fully saturated rings. The molecule has 3 nitrogen and oxygen atoms in total. The number of nitrogens with zero attached hydrogens (tertiary/aromatic N) is 1. The van der Waals surface area contributed by atoms with Gasteiger partial charge in [-0.05, 0) is 19.8 Å². The van der Waals surface area contributed by atoms with Crippen LogP contribution in [-0.2, 0) is 6.42 Å². The van der Waals surface area contributed by atoms with Crippen LogP contribution < -0.4 is 5.32 Å². The van der Waals surface area contributed by atoms with Gasteiger partial charge < -0.3 is 9.73 Å². The standard InChI is InChI=1S/C10H14N2O/c1-6-9-8(4-5-11-6)12-10(13-9)7-2-3-7/h6-7,11H,2-5H2,1H3. The Kier molecular flexibility index (Phi) is 1.50. The molecule has 1 N–H and O–H groups in total. The van der Waals surface area contributed by atoms with Crippen molar-refractivity contribution in [2.45, 2.75) is 38.1 Å². The van der Waals surface area contributed by atoms with Gasteiger partial charge in [0.25, 0.3) is 0 Å². The lowest BCUT2D eigenvalue weighted by molar-refractivity contribution is 0.388. The Morgan fingerprint density at radius 3 is 3.00 bits per heavy atom. The topological polar surface area (TPSA) is 38.1 Å². The Morgan fingerprint density at radius 2 is 2.31 bits per heavy atom. The quantitative estimate of drug-likeness (QED) is 0.712. The van der Waals surface area contributed by atoms with Crippen LogP contribution in [0, 0.1) is 0 Å². The molecule has 1 unspecified atom stereocenters. The molecule has 13 heavy (non-hydrogen) atoms. The molecule has 3 heteroatoms. The molecule has 3 rings (SSSR count). The molecule has 2 aliphatic rings. The van der Waals surface area contributed by atoms with E-state index in [0.29, 0.717) is 12.0 Å². The van der Waals surface area contributed by atoms with E-state index in [-0.39, 0.29) is 0 Å². The van der Waals surface area contributed by atoms with Crippen LogP contribution >= 0.6 is 0 Å². The van der Waals surface area contributed by atoms with E-state index in [1.165, 1.54) is 18.5 Å². The third kappa shape index (κ3) is 1.18. The Hall–Kier alpha value is -0.830. The van der Waals surface area contributed by atoms with E-state index in [1.807, 2.05) is 0 Å². The minimum atomic E-state index is 0.351. The van der Waals surface area contributed by atoms with Crippen LogP contribution in [0.25, 0.3) is 0 Å². The van der Waals surface area contributed by atoms with Gasteiger partial charge in [-0.2, -0.15) is 0 Å². The van der Waals surface area contributed by atoms with Crippen LogP contribution in [0.2, 0.25) is 0 Å². The fourth-order valence-corrected chi connectivity index (χ4v) is 1.90. The maximum atomic E-state index is 5.77. The van der Waals surface area contributed by atoms with Gasteiger partial charge in [0.05, 0.1) is 11.7 Å². The highest BCUT2D eigenvalue weighted by Gasteiger charge is 2.32. The third-order valence-electron chi connectivity index (χ3n) is 2.88. The minimum Gasteiger partial charge on any atom is -0.443 e. The average Bonchev–Trinajstić information content (AvgIpc) is 2.87. The number of nitrogens with one attached hydrogen (secondary N) is 1. The first-order chi connectivity index (χ1) is 6.34. The number of fused-ring (bicyclic) bond motifs is 1. The number of rotatable bonds is 1. The summed E-state index contributed by atoms with van der Waals surface area (Å²) in [6.07, 6.45) is 3.55. The second-order valence-corrected chi connectivity index (χ2v) is 4.06. The van der Waals surface area contributed by atoms with Gasteiger partial charge in [0.2, 0.25) is 0 Å². The molecular weight excluding hydrogens is 164 g/mol. The molecule has 70 valence electrons. The van der Waals surface area contributed by atoms with Gasteiger partial charge in [-0.25, -0.2) is 4.98 Å². The fourth-order valence-electron chi connectivity index (χ4n) is 1.90. The predicted molar refractivity (Wildman–Crippen MR) is 48.6 cm³/mol. The van der Waals surface area contributed by atoms with Crippen molar-refractivity contribution in [2.24, 2.45) is 0 Å². The summed E-state index contributed by atoms with van der Waals surface area (Å²) in [4.78, 5) is 4.56. The largest absolute Gasteiger partial charge is 0.443 e. The average molecular weight is 178 g/mol. The van der Waals surface area contributed by atoms with E-state index in [0.717, 1.165) is 24.6 Å². The maximum absolute atomic E-state index is 5.77. The van der Waals surface area contributed by atoms with Crippen molar-refractivity contribution >= 4 is 0 Å². The van der Waals surface area contributed by atoms with Gasteiger partial charge in [0, 0.05) is 18.9 Å². The zero-order chi connectivity index (χ0) is 8.84. The van der Waals surface area contributed by atoms with Crippen molar-refractivity contribution in [1.82, 2.24) is 10.3 Å². The maximum Gasteiger partial charge on any atom is 0.197 e. The lowest BCUT2D eigenvalue weighted by Gasteiger charge is -2.16. The fraction of sp³-hybridized carbons (Fsp3) is 0.700. The molecule has 0 aromatic carbocycles. The molecule has 1 aliphatic heterocycles. The number of oxazole rings is 1. The van der Waals surface area contributed by atoms with E-state index >= 15 is 0 Å². The summed E-state index contributed by atoms with van der Waals surface area (Å²) in [5.41, 5.74) is 1.19. The van der Waals surface area contributed by atoms with E-state index in [2.05, 4.69) is 17.2 Å². The van der Waals surface area contributed by atoms with Crippen LogP contribution in [0.3, 0.4) is 0 Å².